The van der Waals surface area contributed by atoms with Gasteiger partial charge >= 0.3 is 0 Å². The summed E-state index contributed by atoms with van der Waals surface area (Å²) >= 11 is 0. The second-order valence-corrected chi connectivity index (χ2v) is 7.49. The Labute approximate surface area is 168 Å². The lowest BCUT2D eigenvalue weighted by molar-refractivity contribution is -0.116. The molecule has 0 saturated heterocycles. The lowest BCUT2D eigenvalue weighted by Crippen LogP contribution is -2.31. The molecule has 3 aromatic rings. The molecule has 1 atom stereocenters. The lowest BCUT2D eigenvalue weighted by atomic mass is 9.85. The highest BCUT2D eigenvalue weighted by Gasteiger charge is 2.36. The Morgan fingerprint density at radius 3 is 2.69 bits per heavy atom. The Hall–Kier alpha value is -3.48. The van der Waals surface area contributed by atoms with Crippen LogP contribution in [0.5, 0.6) is 5.75 Å². The molecule has 1 aromatic heterocycles. The predicted molar refractivity (Wildman–Crippen MR) is 107 cm³/mol. The summed E-state index contributed by atoms with van der Waals surface area (Å²) in [6.45, 7) is 2.58. The van der Waals surface area contributed by atoms with Gasteiger partial charge in [-0.2, -0.15) is 4.68 Å². The van der Waals surface area contributed by atoms with Crippen LogP contribution in [0.25, 0.3) is 0 Å². The molecule has 0 radical (unpaired) electrons. The largest absolute Gasteiger partial charge is 0.489 e. The van der Waals surface area contributed by atoms with E-state index in [4.69, 9.17) is 4.74 Å². The van der Waals surface area contributed by atoms with E-state index in [0.29, 0.717) is 19.0 Å². The van der Waals surface area contributed by atoms with E-state index < -0.39 is 0 Å². The Balaban J connectivity index is 1.41. The van der Waals surface area contributed by atoms with Gasteiger partial charge in [-0.25, -0.2) is 0 Å². The number of carbonyl (C=O) groups is 1. The monoisotopic (exact) mass is 387 g/mol. The molecular weight excluding hydrogens is 366 g/mol. The van der Waals surface area contributed by atoms with Crippen molar-refractivity contribution in [1.82, 2.24) is 20.2 Å². The highest BCUT2D eigenvalue weighted by Crippen LogP contribution is 2.39. The van der Waals surface area contributed by atoms with Crippen LogP contribution in [0.2, 0.25) is 0 Å². The summed E-state index contributed by atoms with van der Waals surface area (Å²) in [6.07, 6.45) is 2.25. The van der Waals surface area contributed by atoms with Crippen molar-refractivity contribution in [3.8, 4) is 5.75 Å². The van der Waals surface area contributed by atoms with E-state index in [-0.39, 0.29) is 11.8 Å². The van der Waals surface area contributed by atoms with Crippen molar-refractivity contribution >= 4 is 11.7 Å². The maximum absolute atomic E-state index is 12.7. The number of ether oxygens (including phenoxy) is 1. The van der Waals surface area contributed by atoms with Crippen LogP contribution < -0.4 is 10.1 Å². The first-order valence-electron chi connectivity index (χ1n) is 9.78. The molecule has 2 heterocycles. The van der Waals surface area contributed by atoms with Crippen molar-refractivity contribution in [1.29, 1.82) is 0 Å². The van der Waals surface area contributed by atoms with E-state index in [1.165, 1.54) is 5.56 Å². The Morgan fingerprint density at radius 1 is 1.10 bits per heavy atom. The van der Waals surface area contributed by atoms with Gasteiger partial charge in [0.1, 0.15) is 18.4 Å². The molecule has 1 aliphatic carbocycles. The number of nitrogens with zero attached hydrogens (tertiary/aromatic N) is 4. The molecule has 2 aromatic carbocycles. The molecule has 2 aliphatic rings. The average Bonchev–Trinajstić information content (AvgIpc) is 3.21. The van der Waals surface area contributed by atoms with Gasteiger partial charge in [0.15, 0.2) is 5.78 Å². The topological polar surface area (TPSA) is 81.9 Å². The standard InChI is InChI=1S/C22H21N5O2/c1-14-5-7-15(8-6-14)13-29-17-11-9-16(10-12-17)21-20-18(3-2-4-19(20)28)23-22-24-25-26-27(21)22/h5-12,21H,2-4,13H2,1H3,(H,23,24,26)/t21-/m1/s1. The smallest absolute Gasteiger partial charge is 0.248 e. The number of hydrogen-bond acceptors (Lipinski definition) is 6. The zero-order chi connectivity index (χ0) is 19.8. The first-order valence-corrected chi connectivity index (χ1v) is 9.78. The van der Waals surface area contributed by atoms with Crippen LogP contribution in [0.15, 0.2) is 59.8 Å². The van der Waals surface area contributed by atoms with Crippen LogP contribution in [0, 0.1) is 6.92 Å². The molecule has 1 N–H and O–H groups in total. The number of aryl methyl sites for hydroxylation is 1. The van der Waals surface area contributed by atoms with Gasteiger partial charge in [-0.05, 0) is 53.5 Å². The number of nitrogens with one attached hydrogen (secondary N) is 1. The number of ketones is 1. The molecule has 5 rings (SSSR count). The van der Waals surface area contributed by atoms with E-state index in [1.807, 2.05) is 24.3 Å². The molecule has 7 nitrogen and oxygen atoms in total. The third-order valence-corrected chi connectivity index (χ3v) is 5.45. The van der Waals surface area contributed by atoms with Crippen LogP contribution in [0.4, 0.5) is 5.95 Å². The SMILES string of the molecule is Cc1ccc(COc2ccc([C@@H]3C4=C(CCCC4=O)Nc4nnnn43)cc2)cc1. The van der Waals surface area contributed by atoms with E-state index in [0.717, 1.165) is 41.0 Å². The number of carbonyl (C=O) groups excluding carboxylic acids is 1. The number of allylic oxidation sites excluding steroid dienone is 2. The summed E-state index contributed by atoms with van der Waals surface area (Å²) in [5.41, 5.74) is 5.02. The fourth-order valence-corrected chi connectivity index (χ4v) is 3.92. The third kappa shape index (κ3) is 3.29. The number of hydrogen-bond donors (Lipinski definition) is 1. The van der Waals surface area contributed by atoms with Crippen molar-refractivity contribution in [2.24, 2.45) is 0 Å². The molecule has 29 heavy (non-hydrogen) atoms. The van der Waals surface area contributed by atoms with E-state index >= 15 is 0 Å². The maximum Gasteiger partial charge on any atom is 0.248 e. The van der Waals surface area contributed by atoms with E-state index in [2.05, 4.69) is 52.0 Å². The summed E-state index contributed by atoms with van der Waals surface area (Å²) in [5, 5.41) is 15.2. The number of fused-ring (bicyclic) bond motifs is 1. The third-order valence-electron chi connectivity index (χ3n) is 5.45. The normalized spacial score (nSPS) is 18.1. The van der Waals surface area contributed by atoms with Gasteiger partial charge in [0.2, 0.25) is 5.95 Å². The summed E-state index contributed by atoms with van der Waals surface area (Å²) < 4.78 is 7.60. The van der Waals surface area contributed by atoms with Crippen LogP contribution in [-0.2, 0) is 11.4 Å². The lowest BCUT2D eigenvalue weighted by Gasteiger charge is -2.31. The maximum atomic E-state index is 12.7. The molecule has 1 aliphatic heterocycles. The Morgan fingerprint density at radius 2 is 1.90 bits per heavy atom. The van der Waals surface area contributed by atoms with E-state index in [9.17, 15) is 4.79 Å². The minimum Gasteiger partial charge on any atom is -0.489 e. The van der Waals surface area contributed by atoms with Gasteiger partial charge < -0.3 is 10.1 Å². The quantitative estimate of drug-likeness (QED) is 0.737. The first kappa shape index (κ1) is 17.6. The van der Waals surface area contributed by atoms with Crippen LogP contribution in [0.3, 0.4) is 0 Å². The number of Topliss-reactive ketones (excluding diaryl/α,β-unsaturated/α-hetero) is 1. The number of anilines is 1. The van der Waals surface area contributed by atoms with Gasteiger partial charge in [-0.1, -0.05) is 47.1 Å². The van der Waals surface area contributed by atoms with Crippen molar-refractivity contribution < 1.29 is 9.53 Å². The van der Waals surface area contributed by atoms with Gasteiger partial charge in [-0.15, -0.1) is 0 Å². The molecule has 0 amide bonds. The molecule has 0 fully saturated rings. The van der Waals surface area contributed by atoms with Crippen LogP contribution >= 0.6 is 0 Å². The summed E-state index contributed by atoms with van der Waals surface area (Å²) in [6, 6.07) is 15.8. The Kier molecular flexibility index (Phi) is 4.35. The van der Waals surface area contributed by atoms with Gasteiger partial charge in [0, 0.05) is 17.7 Å². The number of tetrazole rings is 1. The van der Waals surface area contributed by atoms with Crippen molar-refractivity contribution in [3.05, 3.63) is 76.5 Å². The zero-order valence-electron chi connectivity index (χ0n) is 16.1. The number of aromatic nitrogens is 4. The fraction of sp³-hybridized carbons (Fsp3) is 0.273. The fourth-order valence-electron chi connectivity index (χ4n) is 3.92. The van der Waals surface area contributed by atoms with Crippen molar-refractivity contribution in [3.63, 3.8) is 0 Å². The average molecular weight is 387 g/mol. The first-order chi connectivity index (χ1) is 14.2. The summed E-state index contributed by atoms with van der Waals surface area (Å²) in [5.74, 6) is 1.51. The minimum atomic E-state index is -0.310. The predicted octanol–water partition coefficient (Wildman–Crippen LogP) is 3.58. The van der Waals surface area contributed by atoms with Gasteiger partial charge in [0.05, 0.1) is 0 Å². The summed E-state index contributed by atoms with van der Waals surface area (Å²) in [7, 11) is 0. The molecule has 0 spiro atoms. The second kappa shape index (κ2) is 7.16. The van der Waals surface area contributed by atoms with Crippen LogP contribution in [-0.4, -0.2) is 26.0 Å². The van der Waals surface area contributed by atoms with E-state index in [1.54, 1.807) is 4.68 Å². The molecule has 7 heteroatoms. The molecule has 0 saturated carbocycles. The highest BCUT2D eigenvalue weighted by atomic mass is 16.5. The highest BCUT2D eigenvalue weighted by molar-refractivity contribution is 5.99. The van der Waals surface area contributed by atoms with Crippen LogP contribution in [0.1, 0.15) is 42.0 Å². The van der Waals surface area contributed by atoms with Gasteiger partial charge in [0.25, 0.3) is 0 Å². The second-order valence-electron chi connectivity index (χ2n) is 7.49. The Bertz CT molecular complexity index is 1080. The van der Waals surface area contributed by atoms with Gasteiger partial charge in [-0.3, -0.25) is 4.79 Å². The summed E-state index contributed by atoms with van der Waals surface area (Å²) in [4.78, 5) is 12.7. The number of benzene rings is 2. The molecule has 0 bridgehead atoms. The zero-order valence-corrected chi connectivity index (χ0v) is 16.1. The molecule has 0 unspecified atom stereocenters. The molecular formula is C22H21N5O2. The van der Waals surface area contributed by atoms with Crippen molar-refractivity contribution in [2.75, 3.05) is 5.32 Å². The molecule has 146 valence electrons. The number of rotatable bonds is 4. The minimum absolute atomic E-state index is 0.157. The van der Waals surface area contributed by atoms with Crippen molar-refractivity contribution in [2.45, 2.75) is 38.8 Å².